The number of rotatable bonds is 10. The van der Waals surface area contributed by atoms with Gasteiger partial charge in [0.15, 0.2) is 0 Å². The summed E-state index contributed by atoms with van der Waals surface area (Å²) in [5, 5.41) is 17.9. The molecule has 176 valence electrons. The standard InChI is InChI=1S/C27H31N5O2/c1-2-32(11-12-33)17-19-6-3-5-18(13-19)14-25(29)26(30)23-16-21(9-10-24(23)28)20-7-4-8-22(15-20)27(31)34/h3-10,13-16,30,33H,2,11-12,17,28-29H2,1H3,(H2,31,34)/b25-14-,30-26?. The molecular weight excluding hydrogens is 426 g/mol. The van der Waals surface area contributed by atoms with Crippen LogP contribution in [0.1, 0.15) is 34.0 Å². The number of hydrogen-bond acceptors (Lipinski definition) is 6. The minimum absolute atomic E-state index is 0.116. The fourth-order valence-corrected chi connectivity index (χ4v) is 3.74. The van der Waals surface area contributed by atoms with Crippen molar-refractivity contribution in [2.75, 3.05) is 25.4 Å². The molecular formula is C27H31N5O2. The van der Waals surface area contributed by atoms with Crippen LogP contribution in [0.5, 0.6) is 0 Å². The lowest BCUT2D eigenvalue weighted by molar-refractivity contribution is 0.100. The number of primary amides is 1. The quantitative estimate of drug-likeness (QED) is 0.235. The summed E-state index contributed by atoms with van der Waals surface area (Å²) in [7, 11) is 0. The third kappa shape index (κ3) is 6.10. The average Bonchev–Trinajstić information content (AvgIpc) is 2.84. The van der Waals surface area contributed by atoms with Gasteiger partial charge in [-0.15, -0.1) is 0 Å². The summed E-state index contributed by atoms with van der Waals surface area (Å²) in [6.07, 6.45) is 1.76. The Bertz CT molecular complexity index is 1220. The van der Waals surface area contributed by atoms with Gasteiger partial charge in [0.2, 0.25) is 5.91 Å². The topological polar surface area (TPSA) is 142 Å². The summed E-state index contributed by atoms with van der Waals surface area (Å²) in [4.78, 5) is 13.7. The van der Waals surface area contributed by atoms with E-state index in [1.165, 1.54) is 0 Å². The highest BCUT2D eigenvalue weighted by molar-refractivity contribution is 6.15. The predicted octanol–water partition coefficient (Wildman–Crippen LogP) is 3.22. The van der Waals surface area contributed by atoms with Gasteiger partial charge in [0, 0.05) is 29.9 Å². The zero-order valence-corrected chi connectivity index (χ0v) is 19.3. The lowest BCUT2D eigenvalue weighted by atomic mass is 9.96. The number of benzene rings is 3. The van der Waals surface area contributed by atoms with Crippen LogP contribution in [0.2, 0.25) is 0 Å². The number of nitrogen functional groups attached to an aromatic ring is 1. The Morgan fingerprint density at radius 2 is 1.76 bits per heavy atom. The number of nitrogens with one attached hydrogen (secondary N) is 1. The minimum Gasteiger partial charge on any atom is -0.398 e. The van der Waals surface area contributed by atoms with Crippen molar-refractivity contribution in [2.24, 2.45) is 11.5 Å². The maximum Gasteiger partial charge on any atom is 0.248 e. The zero-order chi connectivity index (χ0) is 24.7. The highest BCUT2D eigenvalue weighted by Crippen LogP contribution is 2.26. The van der Waals surface area contributed by atoms with Gasteiger partial charge in [-0.05, 0) is 59.1 Å². The molecule has 0 aliphatic heterocycles. The van der Waals surface area contributed by atoms with Crippen LogP contribution in [0.4, 0.5) is 5.69 Å². The van der Waals surface area contributed by atoms with E-state index in [9.17, 15) is 9.90 Å². The Morgan fingerprint density at radius 3 is 2.47 bits per heavy atom. The van der Waals surface area contributed by atoms with Gasteiger partial charge in [-0.1, -0.05) is 49.4 Å². The number of likely N-dealkylation sites (N-methyl/N-ethyl adjacent to an activating group) is 1. The van der Waals surface area contributed by atoms with E-state index in [0.29, 0.717) is 23.4 Å². The maximum absolute atomic E-state index is 11.5. The van der Waals surface area contributed by atoms with Crippen molar-refractivity contribution < 1.29 is 9.90 Å². The van der Waals surface area contributed by atoms with Crippen LogP contribution in [0, 0.1) is 5.41 Å². The van der Waals surface area contributed by atoms with Gasteiger partial charge in [-0.25, -0.2) is 0 Å². The zero-order valence-electron chi connectivity index (χ0n) is 19.3. The van der Waals surface area contributed by atoms with Gasteiger partial charge in [0.05, 0.1) is 18.0 Å². The molecule has 0 bridgehead atoms. The molecule has 0 fully saturated rings. The van der Waals surface area contributed by atoms with Gasteiger partial charge in [0.25, 0.3) is 0 Å². The van der Waals surface area contributed by atoms with E-state index in [2.05, 4.69) is 11.8 Å². The van der Waals surface area contributed by atoms with Crippen LogP contribution in [-0.4, -0.2) is 41.3 Å². The average molecular weight is 458 g/mol. The maximum atomic E-state index is 11.5. The molecule has 3 aromatic carbocycles. The molecule has 0 aliphatic carbocycles. The third-order valence-electron chi connectivity index (χ3n) is 5.63. The molecule has 0 saturated heterocycles. The van der Waals surface area contributed by atoms with Crippen LogP contribution < -0.4 is 17.2 Å². The second-order valence-electron chi connectivity index (χ2n) is 8.06. The molecule has 0 atom stereocenters. The summed E-state index contributed by atoms with van der Waals surface area (Å²) < 4.78 is 0. The summed E-state index contributed by atoms with van der Waals surface area (Å²) in [6, 6.07) is 20.3. The molecule has 1 amide bonds. The van der Waals surface area contributed by atoms with E-state index in [1.54, 1.807) is 36.4 Å². The van der Waals surface area contributed by atoms with E-state index in [1.807, 2.05) is 36.4 Å². The summed E-state index contributed by atoms with van der Waals surface area (Å²) >= 11 is 0. The largest absolute Gasteiger partial charge is 0.398 e. The smallest absolute Gasteiger partial charge is 0.248 e. The second-order valence-corrected chi connectivity index (χ2v) is 8.06. The Kier molecular flexibility index (Phi) is 8.19. The van der Waals surface area contributed by atoms with Crippen LogP contribution in [-0.2, 0) is 6.54 Å². The first-order chi connectivity index (χ1) is 16.3. The van der Waals surface area contributed by atoms with Gasteiger partial charge >= 0.3 is 0 Å². The van der Waals surface area contributed by atoms with Gasteiger partial charge in [0.1, 0.15) is 0 Å². The number of hydrogen-bond donors (Lipinski definition) is 5. The Hall–Kier alpha value is -3.94. The Morgan fingerprint density at radius 1 is 1.03 bits per heavy atom. The number of anilines is 1. The second kappa shape index (κ2) is 11.3. The van der Waals surface area contributed by atoms with Crippen molar-refractivity contribution in [1.82, 2.24) is 4.90 Å². The number of nitrogens with two attached hydrogens (primary N) is 3. The molecule has 3 rings (SSSR count). The van der Waals surface area contributed by atoms with Gasteiger partial charge in [-0.3, -0.25) is 15.1 Å². The third-order valence-corrected chi connectivity index (χ3v) is 5.63. The number of allylic oxidation sites excluding steroid dienone is 1. The fourth-order valence-electron chi connectivity index (χ4n) is 3.74. The number of amides is 1. The molecule has 7 heteroatoms. The van der Waals surface area contributed by atoms with Crippen molar-refractivity contribution in [3.05, 3.63) is 94.7 Å². The molecule has 0 heterocycles. The lowest BCUT2D eigenvalue weighted by Crippen LogP contribution is -2.26. The Balaban J connectivity index is 1.87. The molecule has 34 heavy (non-hydrogen) atoms. The summed E-state index contributed by atoms with van der Waals surface area (Å²) in [6.45, 7) is 4.34. The first-order valence-electron chi connectivity index (χ1n) is 11.1. The first kappa shape index (κ1) is 24.7. The molecule has 0 saturated carbocycles. The van der Waals surface area contributed by atoms with Gasteiger partial charge in [-0.2, -0.15) is 0 Å². The first-order valence-corrected chi connectivity index (χ1v) is 11.1. The van der Waals surface area contributed by atoms with E-state index in [4.69, 9.17) is 22.6 Å². The van der Waals surface area contributed by atoms with Gasteiger partial charge < -0.3 is 22.3 Å². The lowest BCUT2D eigenvalue weighted by Gasteiger charge is -2.19. The molecule has 7 nitrogen and oxygen atoms in total. The molecule has 3 aromatic rings. The molecule has 0 unspecified atom stereocenters. The minimum atomic E-state index is -0.502. The molecule has 0 aliphatic rings. The normalized spacial score (nSPS) is 11.6. The van der Waals surface area contributed by atoms with Crippen molar-refractivity contribution in [3.8, 4) is 11.1 Å². The number of aliphatic hydroxyl groups is 1. The fraction of sp³-hybridized carbons (Fsp3) is 0.185. The van der Waals surface area contributed by atoms with Crippen LogP contribution >= 0.6 is 0 Å². The monoisotopic (exact) mass is 457 g/mol. The molecule has 0 spiro atoms. The van der Waals surface area contributed by atoms with Crippen molar-refractivity contribution >= 4 is 23.4 Å². The molecule has 8 N–H and O–H groups in total. The summed E-state index contributed by atoms with van der Waals surface area (Å²) in [5.41, 5.74) is 23.2. The van der Waals surface area contributed by atoms with E-state index in [-0.39, 0.29) is 18.0 Å². The number of nitrogens with zero attached hydrogens (tertiary/aromatic N) is 1. The highest BCUT2D eigenvalue weighted by atomic mass is 16.3. The molecule has 0 radical (unpaired) electrons. The van der Waals surface area contributed by atoms with Crippen LogP contribution in [0.15, 0.2) is 72.4 Å². The Labute approximate surface area is 200 Å². The number of carbonyl (C=O) groups excluding carboxylic acids is 1. The predicted molar refractivity (Wildman–Crippen MR) is 138 cm³/mol. The van der Waals surface area contributed by atoms with Crippen LogP contribution in [0.25, 0.3) is 17.2 Å². The van der Waals surface area contributed by atoms with E-state index >= 15 is 0 Å². The number of carbonyl (C=O) groups is 1. The SMILES string of the molecule is CCN(CCO)Cc1cccc(/C=C(\N)C(=N)c2cc(-c3cccc(C(N)=O)c3)ccc2N)c1. The number of aliphatic hydroxyl groups excluding tert-OH is 1. The van der Waals surface area contributed by atoms with Crippen molar-refractivity contribution in [2.45, 2.75) is 13.5 Å². The molecule has 0 aromatic heterocycles. The van der Waals surface area contributed by atoms with E-state index in [0.717, 1.165) is 35.3 Å². The highest BCUT2D eigenvalue weighted by Gasteiger charge is 2.12. The van der Waals surface area contributed by atoms with Crippen molar-refractivity contribution in [3.63, 3.8) is 0 Å². The van der Waals surface area contributed by atoms with Crippen molar-refractivity contribution in [1.29, 1.82) is 5.41 Å². The summed E-state index contributed by atoms with van der Waals surface area (Å²) in [5.74, 6) is -0.502. The van der Waals surface area contributed by atoms with E-state index < -0.39 is 5.91 Å². The van der Waals surface area contributed by atoms with Crippen LogP contribution in [0.3, 0.4) is 0 Å².